The average Bonchev–Trinajstić information content (AvgIpc) is 2.36. The van der Waals surface area contributed by atoms with Gasteiger partial charge in [0.2, 0.25) is 0 Å². The van der Waals surface area contributed by atoms with Gasteiger partial charge in [0.1, 0.15) is 0 Å². The minimum atomic E-state index is 0.738. The van der Waals surface area contributed by atoms with E-state index in [1.54, 1.807) is 0 Å². The molecule has 0 aromatic carbocycles. The second kappa shape index (κ2) is 4.33. The van der Waals surface area contributed by atoms with Crippen LogP contribution >= 0.6 is 11.3 Å². The third-order valence-electron chi connectivity index (χ3n) is 1.60. The fraction of sp³-hybridized carbons (Fsp3) is 0.455. The number of terminal acetylenes is 1. The van der Waals surface area contributed by atoms with Crippen LogP contribution in [0.25, 0.3) is 0 Å². The molecular weight excluding hydrogens is 164 g/mol. The van der Waals surface area contributed by atoms with Crippen molar-refractivity contribution < 1.29 is 0 Å². The normalized spacial score (nSPS) is 10.2. The van der Waals surface area contributed by atoms with Gasteiger partial charge in [-0.3, -0.25) is 0 Å². The molecule has 0 nitrogen and oxygen atoms in total. The zero-order chi connectivity index (χ0) is 8.97. The van der Waals surface area contributed by atoms with E-state index in [1.807, 2.05) is 11.3 Å². The smallest absolute Gasteiger partial charge is 0.0432 e. The SMILES string of the molecule is C#CCc1ccc(CC(C)C)s1. The Labute approximate surface area is 78.6 Å². The van der Waals surface area contributed by atoms with Crippen LogP contribution in [0.5, 0.6) is 0 Å². The van der Waals surface area contributed by atoms with Crippen LogP contribution in [0, 0.1) is 18.3 Å². The van der Waals surface area contributed by atoms with Crippen molar-refractivity contribution in [2.45, 2.75) is 26.7 Å². The molecule has 1 aromatic rings. The van der Waals surface area contributed by atoms with E-state index in [0.717, 1.165) is 12.3 Å². The third kappa shape index (κ3) is 2.71. The van der Waals surface area contributed by atoms with Crippen molar-refractivity contribution in [2.24, 2.45) is 5.92 Å². The van der Waals surface area contributed by atoms with Gasteiger partial charge in [-0.2, -0.15) is 0 Å². The average molecular weight is 178 g/mol. The van der Waals surface area contributed by atoms with E-state index in [4.69, 9.17) is 6.42 Å². The standard InChI is InChI=1S/C11H14S/c1-4-5-10-6-7-11(12-10)8-9(2)3/h1,6-7,9H,5,8H2,2-3H3. The first-order valence-electron chi connectivity index (χ1n) is 4.23. The summed E-state index contributed by atoms with van der Waals surface area (Å²) in [5.41, 5.74) is 0. The van der Waals surface area contributed by atoms with Crippen LogP contribution < -0.4 is 0 Å². The molecule has 1 rings (SSSR count). The molecule has 1 aromatic heterocycles. The first kappa shape index (κ1) is 9.35. The van der Waals surface area contributed by atoms with Gasteiger partial charge < -0.3 is 0 Å². The Morgan fingerprint density at radius 1 is 1.42 bits per heavy atom. The van der Waals surface area contributed by atoms with Gasteiger partial charge in [0, 0.05) is 16.2 Å². The first-order chi connectivity index (χ1) is 5.72. The quantitative estimate of drug-likeness (QED) is 0.624. The molecule has 0 N–H and O–H groups in total. The molecule has 0 fully saturated rings. The molecule has 0 spiro atoms. The molecule has 1 heterocycles. The molecule has 0 radical (unpaired) electrons. The lowest BCUT2D eigenvalue weighted by Gasteiger charge is -1.99. The van der Waals surface area contributed by atoms with Crippen LogP contribution in [0.3, 0.4) is 0 Å². The highest BCUT2D eigenvalue weighted by molar-refractivity contribution is 7.12. The molecule has 64 valence electrons. The summed E-state index contributed by atoms with van der Waals surface area (Å²) in [6.45, 7) is 4.47. The van der Waals surface area contributed by atoms with Crippen molar-refractivity contribution in [3.05, 3.63) is 21.9 Å². The summed E-state index contributed by atoms with van der Waals surface area (Å²) < 4.78 is 0. The van der Waals surface area contributed by atoms with E-state index in [9.17, 15) is 0 Å². The zero-order valence-electron chi connectivity index (χ0n) is 7.63. The van der Waals surface area contributed by atoms with Gasteiger partial charge >= 0.3 is 0 Å². The molecule has 0 unspecified atom stereocenters. The molecular formula is C11H14S. The minimum Gasteiger partial charge on any atom is -0.144 e. The molecule has 0 aliphatic carbocycles. The minimum absolute atomic E-state index is 0.738. The predicted octanol–water partition coefficient (Wildman–Crippen LogP) is 3.12. The Bertz CT molecular complexity index is 275. The Hall–Kier alpha value is -0.740. The fourth-order valence-electron chi connectivity index (χ4n) is 1.13. The van der Waals surface area contributed by atoms with Gasteiger partial charge in [0.05, 0.1) is 0 Å². The number of thiophene rings is 1. The topological polar surface area (TPSA) is 0 Å². The van der Waals surface area contributed by atoms with Crippen molar-refractivity contribution in [2.75, 3.05) is 0 Å². The van der Waals surface area contributed by atoms with Crippen molar-refractivity contribution >= 4 is 11.3 Å². The molecule has 0 aliphatic heterocycles. The van der Waals surface area contributed by atoms with Crippen LogP contribution in [0.1, 0.15) is 23.6 Å². The van der Waals surface area contributed by atoms with E-state index in [-0.39, 0.29) is 0 Å². The lowest BCUT2D eigenvalue weighted by molar-refractivity contribution is 0.654. The van der Waals surface area contributed by atoms with Gasteiger partial charge in [0.15, 0.2) is 0 Å². The Morgan fingerprint density at radius 2 is 2.08 bits per heavy atom. The highest BCUT2D eigenvalue weighted by atomic mass is 32.1. The Kier molecular flexibility index (Phi) is 3.37. The molecule has 0 amide bonds. The zero-order valence-corrected chi connectivity index (χ0v) is 8.45. The second-order valence-electron chi connectivity index (χ2n) is 3.35. The summed E-state index contributed by atoms with van der Waals surface area (Å²) in [6, 6.07) is 4.33. The highest BCUT2D eigenvalue weighted by Gasteiger charge is 2.01. The van der Waals surface area contributed by atoms with Gasteiger partial charge in [-0.15, -0.1) is 23.7 Å². The maximum Gasteiger partial charge on any atom is 0.0432 e. The summed E-state index contributed by atoms with van der Waals surface area (Å²) >= 11 is 1.84. The Balaban J connectivity index is 2.59. The Morgan fingerprint density at radius 3 is 2.67 bits per heavy atom. The number of hydrogen-bond donors (Lipinski definition) is 0. The maximum atomic E-state index is 5.23. The monoisotopic (exact) mass is 178 g/mol. The summed E-state index contributed by atoms with van der Waals surface area (Å²) in [6.07, 6.45) is 7.18. The van der Waals surface area contributed by atoms with Crippen molar-refractivity contribution in [3.63, 3.8) is 0 Å². The molecule has 0 saturated carbocycles. The molecule has 0 atom stereocenters. The van der Waals surface area contributed by atoms with E-state index in [2.05, 4.69) is 31.9 Å². The summed E-state index contributed by atoms with van der Waals surface area (Å²) in [7, 11) is 0. The van der Waals surface area contributed by atoms with Gasteiger partial charge in [-0.05, 0) is 24.5 Å². The molecule has 1 heteroatoms. The van der Waals surface area contributed by atoms with E-state index < -0.39 is 0 Å². The van der Waals surface area contributed by atoms with Crippen LogP contribution in [0.4, 0.5) is 0 Å². The predicted molar refractivity (Wildman–Crippen MR) is 55.4 cm³/mol. The van der Waals surface area contributed by atoms with E-state index >= 15 is 0 Å². The third-order valence-corrected chi connectivity index (χ3v) is 2.71. The lowest BCUT2D eigenvalue weighted by Crippen LogP contribution is -1.89. The number of rotatable bonds is 3. The maximum absolute atomic E-state index is 5.23. The number of hydrogen-bond acceptors (Lipinski definition) is 1. The van der Waals surface area contributed by atoms with Crippen molar-refractivity contribution in [1.29, 1.82) is 0 Å². The highest BCUT2D eigenvalue weighted by Crippen LogP contribution is 2.19. The van der Waals surface area contributed by atoms with Crippen LogP contribution in [0.15, 0.2) is 12.1 Å². The molecule has 0 aliphatic rings. The van der Waals surface area contributed by atoms with Gasteiger partial charge in [-0.1, -0.05) is 13.8 Å². The summed E-state index contributed by atoms with van der Waals surface area (Å²) in [5.74, 6) is 3.40. The summed E-state index contributed by atoms with van der Waals surface area (Å²) in [5, 5.41) is 0. The fourth-order valence-corrected chi connectivity index (χ4v) is 2.31. The molecule has 0 saturated heterocycles. The summed E-state index contributed by atoms with van der Waals surface area (Å²) in [4.78, 5) is 2.77. The van der Waals surface area contributed by atoms with Crippen molar-refractivity contribution in [3.8, 4) is 12.3 Å². The molecule has 0 bridgehead atoms. The second-order valence-corrected chi connectivity index (χ2v) is 4.60. The van der Waals surface area contributed by atoms with Crippen LogP contribution in [-0.2, 0) is 12.8 Å². The molecule has 12 heavy (non-hydrogen) atoms. The van der Waals surface area contributed by atoms with Crippen molar-refractivity contribution in [1.82, 2.24) is 0 Å². The van der Waals surface area contributed by atoms with Crippen LogP contribution in [0.2, 0.25) is 0 Å². The van der Waals surface area contributed by atoms with Crippen LogP contribution in [-0.4, -0.2) is 0 Å². The largest absolute Gasteiger partial charge is 0.144 e. The first-order valence-corrected chi connectivity index (χ1v) is 5.05. The van der Waals surface area contributed by atoms with Gasteiger partial charge in [-0.25, -0.2) is 0 Å². The van der Waals surface area contributed by atoms with E-state index in [1.165, 1.54) is 16.2 Å². The lowest BCUT2D eigenvalue weighted by atomic mass is 10.1. The van der Waals surface area contributed by atoms with Gasteiger partial charge in [0.25, 0.3) is 0 Å². The van der Waals surface area contributed by atoms with E-state index in [0.29, 0.717) is 0 Å².